The fraction of sp³-hybridized carbons (Fsp3) is 0.500. The first kappa shape index (κ1) is 11.9. The van der Waals surface area contributed by atoms with E-state index in [4.69, 9.17) is 11.3 Å². The third kappa shape index (κ3) is 3.76. The van der Waals surface area contributed by atoms with Gasteiger partial charge in [-0.05, 0) is 50.4 Å². The van der Waals surface area contributed by atoms with Crippen LogP contribution in [-0.4, -0.2) is 19.7 Å². The number of rotatable bonds is 4. The monoisotopic (exact) mass is 230 g/mol. The highest BCUT2D eigenvalue weighted by Gasteiger charge is 2.12. The summed E-state index contributed by atoms with van der Waals surface area (Å²) in [7, 11) is 0. The topological polar surface area (TPSA) is 25.6 Å². The zero-order chi connectivity index (χ0) is 11.9. The molecule has 1 N–H and O–H groups in total. The van der Waals surface area contributed by atoms with E-state index >= 15 is 0 Å². The molecule has 0 radical (unpaired) electrons. The third-order valence-corrected chi connectivity index (χ3v) is 3.22. The van der Waals surface area contributed by atoms with Crippen LogP contribution in [0.25, 0.3) is 4.85 Å². The molecule has 0 atom stereocenters. The minimum absolute atomic E-state index is 0.663. The summed E-state index contributed by atoms with van der Waals surface area (Å²) in [6.07, 6.45) is 3.66. The molecule has 2 rings (SSSR count). The third-order valence-electron chi connectivity index (χ3n) is 3.22. The van der Waals surface area contributed by atoms with Crippen LogP contribution < -0.4 is 10.1 Å². The highest BCUT2D eigenvalue weighted by Crippen LogP contribution is 2.20. The molecule has 0 unspecified atom stereocenters. The summed E-state index contributed by atoms with van der Waals surface area (Å²) in [6.45, 7) is 9.93. The highest BCUT2D eigenvalue weighted by molar-refractivity contribution is 5.46. The fourth-order valence-corrected chi connectivity index (χ4v) is 2.13. The first-order valence-electron chi connectivity index (χ1n) is 6.19. The summed E-state index contributed by atoms with van der Waals surface area (Å²) in [6, 6.07) is 7.34. The lowest BCUT2D eigenvalue weighted by molar-refractivity contribution is 0.252. The highest BCUT2D eigenvalue weighted by atomic mass is 16.5. The molecular formula is C14H18N2O. The second-order valence-corrected chi connectivity index (χ2v) is 4.44. The smallest absolute Gasteiger partial charge is 0.187 e. The van der Waals surface area contributed by atoms with Crippen molar-refractivity contribution in [2.24, 2.45) is 5.92 Å². The molecule has 1 fully saturated rings. The van der Waals surface area contributed by atoms with E-state index in [-0.39, 0.29) is 0 Å². The maximum absolute atomic E-state index is 6.86. The van der Waals surface area contributed by atoms with Gasteiger partial charge >= 0.3 is 0 Å². The summed E-state index contributed by atoms with van der Waals surface area (Å²) < 4.78 is 5.68. The Hall–Kier alpha value is -1.53. The zero-order valence-corrected chi connectivity index (χ0v) is 9.98. The zero-order valence-electron chi connectivity index (χ0n) is 9.98. The molecule has 0 aromatic heterocycles. The van der Waals surface area contributed by atoms with Crippen molar-refractivity contribution in [1.82, 2.24) is 5.32 Å². The van der Waals surface area contributed by atoms with Gasteiger partial charge in [-0.2, -0.15) is 0 Å². The van der Waals surface area contributed by atoms with Crippen LogP contribution in [0.15, 0.2) is 24.3 Å². The molecule has 0 saturated carbocycles. The van der Waals surface area contributed by atoms with Gasteiger partial charge in [0.2, 0.25) is 0 Å². The molecular weight excluding hydrogens is 212 g/mol. The van der Waals surface area contributed by atoms with E-state index in [1.807, 2.05) is 12.1 Å². The number of ether oxygens (including phenoxy) is 1. The number of hydrogen-bond donors (Lipinski definition) is 1. The van der Waals surface area contributed by atoms with Crippen molar-refractivity contribution in [3.8, 4) is 5.75 Å². The SMILES string of the molecule is [C-]#[N+]c1ccc(OCCC2CCNCC2)cc1. The largest absolute Gasteiger partial charge is 0.494 e. The Morgan fingerprint density at radius 3 is 2.59 bits per heavy atom. The lowest BCUT2D eigenvalue weighted by Gasteiger charge is -2.22. The molecule has 0 amide bonds. The van der Waals surface area contributed by atoms with Crippen LogP contribution in [0.2, 0.25) is 0 Å². The predicted octanol–water partition coefficient (Wildman–Crippen LogP) is 3.01. The molecule has 1 aromatic carbocycles. The molecule has 17 heavy (non-hydrogen) atoms. The van der Waals surface area contributed by atoms with E-state index in [1.54, 1.807) is 12.1 Å². The molecule has 1 aliphatic rings. The first-order chi connectivity index (χ1) is 8.38. The van der Waals surface area contributed by atoms with Crippen LogP contribution in [0.5, 0.6) is 5.75 Å². The molecule has 3 heteroatoms. The van der Waals surface area contributed by atoms with Crippen LogP contribution in [0.1, 0.15) is 19.3 Å². The summed E-state index contributed by atoms with van der Waals surface area (Å²) in [5.74, 6) is 1.67. The van der Waals surface area contributed by atoms with E-state index in [0.717, 1.165) is 37.8 Å². The van der Waals surface area contributed by atoms with Gasteiger partial charge in [0.25, 0.3) is 0 Å². The number of benzene rings is 1. The van der Waals surface area contributed by atoms with Crippen molar-refractivity contribution in [3.05, 3.63) is 35.7 Å². The van der Waals surface area contributed by atoms with Crippen LogP contribution in [0, 0.1) is 12.5 Å². The Morgan fingerprint density at radius 1 is 1.24 bits per heavy atom. The summed E-state index contributed by atoms with van der Waals surface area (Å²) in [4.78, 5) is 3.35. The summed E-state index contributed by atoms with van der Waals surface area (Å²) in [5.41, 5.74) is 0.663. The normalized spacial score (nSPS) is 16.4. The molecule has 3 nitrogen and oxygen atoms in total. The maximum Gasteiger partial charge on any atom is 0.187 e. The van der Waals surface area contributed by atoms with Crippen LogP contribution in [-0.2, 0) is 0 Å². The fourth-order valence-electron chi connectivity index (χ4n) is 2.13. The molecule has 90 valence electrons. The quantitative estimate of drug-likeness (QED) is 0.804. The van der Waals surface area contributed by atoms with E-state index in [9.17, 15) is 0 Å². The molecule has 1 aliphatic heterocycles. The minimum Gasteiger partial charge on any atom is -0.494 e. The number of piperidine rings is 1. The van der Waals surface area contributed by atoms with Crippen molar-refractivity contribution in [1.29, 1.82) is 0 Å². The van der Waals surface area contributed by atoms with Gasteiger partial charge < -0.3 is 10.1 Å². The van der Waals surface area contributed by atoms with E-state index in [0.29, 0.717) is 5.69 Å². The second-order valence-electron chi connectivity index (χ2n) is 4.44. The van der Waals surface area contributed by atoms with Crippen LogP contribution in [0.4, 0.5) is 5.69 Å². The van der Waals surface area contributed by atoms with Gasteiger partial charge in [0, 0.05) is 0 Å². The number of nitrogens with zero attached hydrogens (tertiary/aromatic N) is 1. The first-order valence-corrected chi connectivity index (χ1v) is 6.19. The Morgan fingerprint density at radius 2 is 1.94 bits per heavy atom. The van der Waals surface area contributed by atoms with Gasteiger partial charge in [-0.15, -0.1) is 0 Å². The van der Waals surface area contributed by atoms with Crippen molar-refractivity contribution in [3.63, 3.8) is 0 Å². The van der Waals surface area contributed by atoms with E-state index < -0.39 is 0 Å². The minimum atomic E-state index is 0.663. The number of hydrogen-bond acceptors (Lipinski definition) is 2. The lowest BCUT2D eigenvalue weighted by atomic mass is 9.95. The molecule has 1 aromatic rings. The van der Waals surface area contributed by atoms with Gasteiger partial charge in [-0.1, -0.05) is 12.1 Å². The lowest BCUT2D eigenvalue weighted by Crippen LogP contribution is -2.28. The second kappa shape index (κ2) is 6.27. The molecule has 1 saturated heterocycles. The van der Waals surface area contributed by atoms with Gasteiger partial charge in [0.15, 0.2) is 5.69 Å². The van der Waals surface area contributed by atoms with Crippen molar-refractivity contribution < 1.29 is 4.74 Å². The van der Waals surface area contributed by atoms with Gasteiger partial charge in [0.1, 0.15) is 5.75 Å². The van der Waals surface area contributed by atoms with E-state index in [2.05, 4.69) is 10.2 Å². The molecule has 0 bridgehead atoms. The summed E-state index contributed by atoms with van der Waals surface area (Å²) in [5, 5.41) is 3.37. The average Bonchev–Trinajstić information content (AvgIpc) is 2.41. The predicted molar refractivity (Wildman–Crippen MR) is 68.4 cm³/mol. The summed E-state index contributed by atoms with van der Waals surface area (Å²) >= 11 is 0. The Bertz CT molecular complexity index is 374. The van der Waals surface area contributed by atoms with Gasteiger partial charge in [-0.3, -0.25) is 0 Å². The Balaban J connectivity index is 1.72. The molecule has 0 aliphatic carbocycles. The van der Waals surface area contributed by atoms with Gasteiger partial charge in [0.05, 0.1) is 13.2 Å². The number of nitrogens with one attached hydrogen (secondary N) is 1. The maximum atomic E-state index is 6.86. The van der Waals surface area contributed by atoms with Crippen LogP contribution >= 0.6 is 0 Å². The van der Waals surface area contributed by atoms with E-state index in [1.165, 1.54) is 12.8 Å². The molecule has 1 heterocycles. The Labute approximate surface area is 103 Å². The average molecular weight is 230 g/mol. The molecule has 0 spiro atoms. The van der Waals surface area contributed by atoms with Crippen molar-refractivity contribution in [2.75, 3.05) is 19.7 Å². The van der Waals surface area contributed by atoms with Crippen molar-refractivity contribution >= 4 is 5.69 Å². The standard InChI is InChI=1S/C14H18N2O/c1-15-13-2-4-14(5-3-13)17-11-8-12-6-9-16-10-7-12/h2-5,12,16H,6-11H2. The van der Waals surface area contributed by atoms with Crippen LogP contribution in [0.3, 0.4) is 0 Å². The van der Waals surface area contributed by atoms with Gasteiger partial charge in [-0.25, -0.2) is 4.85 Å². The van der Waals surface area contributed by atoms with Crippen molar-refractivity contribution in [2.45, 2.75) is 19.3 Å². The Kier molecular flexibility index (Phi) is 4.40.